The number of benzene rings is 2. The molecule has 0 aliphatic rings. The predicted molar refractivity (Wildman–Crippen MR) is 135 cm³/mol. The molecule has 2 aromatic rings. The van der Waals surface area contributed by atoms with Gasteiger partial charge in [0, 0.05) is 17.6 Å². The molecule has 0 aliphatic heterocycles. The van der Waals surface area contributed by atoms with Crippen LogP contribution in [0, 0.1) is 6.92 Å². The number of amides is 2. The molecule has 9 heteroatoms. The minimum absolute atomic E-state index is 0.203. The molecule has 1 N–H and O–H groups in total. The minimum atomic E-state index is -3.75. The van der Waals surface area contributed by atoms with Crippen LogP contribution in [0.2, 0.25) is 0 Å². The number of halogens is 1. The van der Waals surface area contributed by atoms with Gasteiger partial charge in [-0.3, -0.25) is 13.9 Å². The zero-order valence-electron chi connectivity index (χ0n) is 19.5. The normalized spacial score (nSPS) is 12.2. The van der Waals surface area contributed by atoms with Crippen LogP contribution in [-0.4, -0.2) is 50.5 Å². The van der Waals surface area contributed by atoms with Crippen molar-refractivity contribution in [1.29, 1.82) is 0 Å². The van der Waals surface area contributed by atoms with Gasteiger partial charge in [-0.15, -0.1) is 0 Å². The molecule has 7 nitrogen and oxygen atoms in total. The van der Waals surface area contributed by atoms with Crippen molar-refractivity contribution >= 4 is 43.5 Å². The summed E-state index contributed by atoms with van der Waals surface area (Å²) in [6, 6.07) is 13.8. The van der Waals surface area contributed by atoms with Crippen LogP contribution >= 0.6 is 15.9 Å². The molecule has 0 fully saturated rings. The Hall–Kier alpha value is -2.39. The number of carbonyl (C=O) groups excluding carboxylic acids is 2. The number of hydrogen-bond donors (Lipinski definition) is 1. The van der Waals surface area contributed by atoms with E-state index < -0.39 is 28.5 Å². The van der Waals surface area contributed by atoms with Crippen LogP contribution in [0.4, 0.5) is 5.69 Å². The average molecular weight is 539 g/mol. The van der Waals surface area contributed by atoms with Gasteiger partial charge in [0.2, 0.25) is 21.8 Å². The Balaban J connectivity index is 2.42. The van der Waals surface area contributed by atoms with Crippen LogP contribution in [0.25, 0.3) is 0 Å². The molecule has 2 aromatic carbocycles. The molecule has 2 rings (SSSR count). The molecule has 1 unspecified atom stereocenters. The number of rotatable bonds is 11. The summed E-state index contributed by atoms with van der Waals surface area (Å²) in [5.74, 6) is -0.686. The first-order chi connectivity index (χ1) is 15.6. The lowest BCUT2D eigenvalue weighted by molar-refractivity contribution is -0.140. The Morgan fingerprint density at radius 3 is 2.36 bits per heavy atom. The Morgan fingerprint density at radius 2 is 1.79 bits per heavy atom. The fourth-order valence-electron chi connectivity index (χ4n) is 3.54. The first-order valence-electron chi connectivity index (χ1n) is 10.9. The van der Waals surface area contributed by atoms with Crippen LogP contribution < -0.4 is 9.62 Å². The zero-order valence-corrected chi connectivity index (χ0v) is 21.9. The molecule has 0 saturated heterocycles. The first kappa shape index (κ1) is 26.9. The molecule has 0 saturated carbocycles. The minimum Gasteiger partial charge on any atom is -0.354 e. The molecule has 0 bridgehead atoms. The van der Waals surface area contributed by atoms with Crippen LogP contribution in [-0.2, 0) is 26.2 Å². The second-order valence-electron chi connectivity index (χ2n) is 7.98. The molecule has 1 atom stereocenters. The highest BCUT2D eigenvalue weighted by Crippen LogP contribution is 2.23. The van der Waals surface area contributed by atoms with Crippen LogP contribution in [0.3, 0.4) is 0 Å². The van der Waals surface area contributed by atoms with Gasteiger partial charge in [-0.1, -0.05) is 65.7 Å². The maximum atomic E-state index is 13.6. The summed E-state index contributed by atoms with van der Waals surface area (Å²) < 4.78 is 26.9. The summed E-state index contributed by atoms with van der Waals surface area (Å²) in [5, 5.41) is 2.87. The Bertz CT molecular complexity index is 1070. The van der Waals surface area contributed by atoms with E-state index in [1.54, 1.807) is 24.3 Å². The molecule has 0 heterocycles. The summed E-state index contributed by atoms with van der Waals surface area (Å²) in [7, 11) is -3.75. The molecule has 0 aromatic heterocycles. The molecule has 2 amide bonds. The van der Waals surface area contributed by atoms with Gasteiger partial charge >= 0.3 is 0 Å². The number of sulfonamides is 1. The highest BCUT2D eigenvalue weighted by Gasteiger charge is 2.31. The first-order valence-corrected chi connectivity index (χ1v) is 13.6. The number of nitrogens with zero attached hydrogens (tertiary/aromatic N) is 2. The van der Waals surface area contributed by atoms with Gasteiger partial charge in [-0.05, 0) is 43.5 Å². The van der Waals surface area contributed by atoms with Crippen molar-refractivity contribution in [3.05, 3.63) is 64.1 Å². The van der Waals surface area contributed by atoms with E-state index in [9.17, 15) is 18.0 Å². The fourth-order valence-corrected chi connectivity index (χ4v) is 4.77. The van der Waals surface area contributed by atoms with Crippen molar-refractivity contribution in [2.75, 3.05) is 23.7 Å². The number of carbonyl (C=O) groups is 2. The monoisotopic (exact) mass is 537 g/mol. The SMILES string of the molecule is CCCNC(=O)C(CC)N(Cc1cccc(C)c1)C(=O)CN(c1cccc(Br)c1)S(C)(=O)=O. The zero-order chi connectivity index (χ0) is 24.6. The highest BCUT2D eigenvalue weighted by molar-refractivity contribution is 9.10. The number of aryl methyl sites for hydroxylation is 1. The van der Waals surface area contributed by atoms with Crippen molar-refractivity contribution in [1.82, 2.24) is 10.2 Å². The second-order valence-corrected chi connectivity index (χ2v) is 10.8. The lowest BCUT2D eigenvalue weighted by Gasteiger charge is -2.33. The van der Waals surface area contributed by atoms with Crippen molar-refractivity contribution in [2.45, 2.75) is 46.2 Å². The van der Waals surface area contributed by atoms with Gasteiger partial charge in [-0.2, -0.15) is 0 Å². The van der Waals surface area contributed by atoms with Crippen molar-refractivity contribution in [2.24, 2.45) is 0 Å². The topological polar surface area (TPSA) is 86.8 Å². The largest absolute Gasteiger partial charge is 0.354 e. The second kappa shape index (κ2) is 12.2. The van der Waals surface area contributed by atoms with Crippen LogP contribution in [0.15, 0.2) is 53.0 Å². The quantitative estimate of drug-likeness (QED) is 0.471. The number of hydrogen-bond acceptors (Lipinski definition) is 4. The fraction of sp³-hybridized carbons (Fsp3) is 0.417. The van der Waals surface area contributed by atoms with E-state index >= 15 is 0 Å². The smallest absolute Gasteiger partial charge is 0.244 e. The van der Waals surface area contributed by atoms with E-state index in [2.05, 4.69) is 21.2 Å². The molecular formula is C24H32BrN3O4S. The summed E-state index contributed by atoms with van der Waals surface area (Å²) >= 11 is 3.35. The molecule has 180 valence electrons. The van der Waals surface area contributed by atoms with Gasteiger partial charge in [0.1, 0.15) is 12.6 Å². The van der Waals surface area contributed by atoms with E-state index in [4.69, 9.17) is 0 Å². The van der Waals surface area contributed by atoms with E-state index in [1.165, 1.54) is 4.90 Å². The molecular weight excluding hydrogens is 506 g/mol. The van der Waals surface area contributed by atoms with E-state index in [0.29, 0.717) is 23.1 Å². The third-order valence-corrected chi connectivity index (χ3v) is 6.78. The van der Waals surface area contributed by atoms with E-state index in [-0.39, 0.29) is 12.5 Å². The summed E-state index contributed by atoms with van der Waals surface area (Å²) in [4.78, 5) is 27.9. The van der Waals surface area contributed by atoms with Gasteiger partial charge in [0.15, 0.2) is 0 Å². The summed E-state index contributed by atoms with van der Waals surface area (Å²) in [6.45, 7) is 6.07. The molecule has 0 radical (unpaired) electrons. The average Bonchev–Trinajstić information content (AvgIpc) is 2.74. The Morgan fingerprint density at radius 1 is 1.09 bits per heavy atom. The Labute approximate surface area is 205 Å². The van der Waals surface area contributed by atoms with Gasteiger partial charge in [0.05, 0.1) is 11.9 Å². The summed E-state index contributed by atoms with van der Waals surface area (Å²) in [5.41, 5.74) is 2.29. The summed E-state index contributed by atoms with van der Waals surface area (Å²) in [6.07, 6.45) is 2.25. The van der Waals surface area contributed by atoms with E-state index in [0.717, 1.165) is 28.1 Å². The molecule has 0 aliphatic carbocycles. The standard InChI is InChI=1S/C24H32BrN3O4S/c1-5-13-26-24(30)22(6-2)27(16-19-10-7-9-18(3)14-19)23(29)17-28(33(4,31)32)21-12-8-11-20(25)15-21/h7-12,14-15,22H,5-6,13,16-17H2,1-4H3,(H,26,30). The maximum absolute atomic E-state index is 13.6. The van der Waals surface area contributed by atoms with Crippen molar-refractivity contribution < 1.29 is 18.0 Å². The van der Waals surface area contributed by atoms with E-state index in [1.807, 2.05) is 45.0 Å². The van der Waals surface area contributed by atoms with Crippen molar-refractivity contribution in [3.8, 4) is 0 Å². The van der Waals surface area contributed by atoms with Crippen LogP contribution in [0.1, 0.15) is 37.8 Å². The van der Waals surface area contributed by atoms with Crippen molar-refractivity contribution in [3.63, 3.8) is 0 Å². The predicted octanol–water partition coefficient (Wildman–Crippen LogP) is 3.86. The number of nitrogens with one attached hydrogen (secondary N) is 1. The maximum Gasteiger partial charge on any atom is 0.244 e. The highest BCUT2D eigenvalue weighted by atomic mass is 79.9. The third-order valence-electron chi connectivity index (χ3n) is 5.15. The molecule has 33 heavy (non-hydrogen) atoms. The lowest BCUT2D eigenvalue weighted by Crippen LogP contribution is -2.52. The van der Waals surface area contributed by atoms with Crippen LogP contribution in [0.5, 0.6) is 0 Å². The van der Waals surface area contributed by atoms with Gasteiger partial charge < -0.3 is 10.2 Å². The third kappa shape index (κ3) is 7.85. The lowest BCUT2D eigenvalue weighted by atomic mass is 10.1. The number of anilines is 1. The molecule has 0 spiro atoms. The Kier molecular flexibility index (Phi) is 9.91. The van der Waals surface area contributed by atoms with Gasteiger partial charge in [-0.25, -0.2) is 8.42 Å². The van der Waals surface area contributed by atoms with Gasteiger partial charge in [0.25, 0.3) is 0 Å².